The van der Waals surface area contributed by atoms with Gasteiger partial charge in [0.05, 0.1) is 6.54 Å². The Morgan fingerprint density at radius 2 is 1.88 bits per heavy atom. The van der Waals surface area contributed by atoms with E-state index in [1.807, 2.05) is 0 Å². The minimum absolute atomic E-state index is 0.0420. The minimum atomic E-state index is -1.21. The first-order valence-electron chi connectivity index (χ1n) is 7.91. The first-order chi connectivity index (χ1) is 11.5. The van der Waals surface area contributed by atoms with Gasteiger partial charge >= 0.3 is 0 Å². The molecule has 130 valence electrons. The van der Waals surface area contributed by atoms with Gasteiger partial charge in [0.25, 0.3) is 5.91 Å². The zero-order chi connectivity index (χ0) is 17.3. The maximum absolute atomic E-state index is 13.8. The van der Waals surface area contributed by atoms with E-state index in [2.05, 4.69) is 5.32 Å². The Balaban J connectivity index is 1.77. The van der Waals surface area contributed by atoms with Crippen molar-refractivity contribution in [1.82, 2.24) is 15.1 Å². The molecule has 2 aliphatic heterocycles. The second-order valence-electron chi connectivity index (χ2n) is 6.06. The maximum Gasteiger partial charge on any atom is 0.259 e. The van der Waals surface area contributed by atoms with Crippen LogP contribution in [0.25, 0.3) is 0 Å². The average molecular weight is 341 g/mol. The van der Waals surface area contributed by atoms with Crippen molar-refractivity contribution in [2.75, 3.05) is 32.7 Å². The third-order valence-electron chi connectivity index (χ3n) is 4.47. The van der Waals surface area contributed by atoms with Crippen molar-refractivity contribution in [2.45, 2.75) is 18.9 Å². The Morgan fingerprint density at radius 3 is 2.54 bits per heavy atom. The number of piperazine rings is 1. The summed E-state index contributed by atoms with van der Waals surface area (Å²) in [5, 5.41) is 2.98. The quantitative estimate of drug-likeness (QED) is 0.878. The molecule has 1 atom stereocenters. The predicted molar refractivity (Wildman–Crippen MR) is 79.8 cm³/mol. The molecule has 5 nitrogen and oxygen atoms in total. The van der Waals surface area contributed by atoms with Crippen LogP contribution in [-0.2, 0) is 4.79 Å². The van der Waals surface area contributed by atoms with E-state index in [4.69, 9.17) is 0 Å². The second kappa shape index (κ2) is 6.80. The number of likely N-dealkylation sites (tertiary alicyclic amines) is 1. The number of nitrogens with one attached hydrogen (secondary N) is 1. The summed E-state index contributed by atoms with van der Waals surface area (Å²) in [6.07, 6.45) is 1.38. The number of carbonyl (C=O) groups is 2. The van der Waals surface area contributed by atoms with Gasteiger partial charge in [0.1, 0.15) is 23.0 Å². The number of amides is 2. The van der Waals surface area contributed by atoms with E-state index < -0.39 is 28.9 Å². The van der Waals surface area contributed by atoms with Crippen molar-refractivity contribution in [3.63, 3.8) is 0 Å². The second-order valence-corrected chi connectivity index (χ2v) is 6.06. The molecule has 0 spiro atoms. The van der Waals surface area contributed by atoms with Crippen LogP contribution < -0.4 is 5.32 Å². The van der Waals surface area contributed by atoms with Crippen LogP contribution in [0.5, 0.6) is 0 Å². The molecule has 0 aliphatic carbocycles. The molecule has 3 rings (SSSR count). The van der Waals surface area contributed by atoms with Crippen molar-refractivity contribution in [1.29, 1.82) is 0 Å². The summed E-state index contributed by atoms with van der Waals surface area (Å²) in [5.41, 5.74) is -0.747. The highest BCUT2D eigenvalue weighted by atomic mass is 19.1. The fraction of sp³-hybridized carbons (Fsp3) is 0.500. The Kier molecular flexibility index (Phi) is 4.75. The molecule has 1 aromatic rings. The van der Waals surface area contributed by atoms with E-state index in [1.54, 1.807) is 4.90 Å². The van der Waals surface area contributed by atoms with Gasteiger partial charge in [-0.15, -0.1) is 0 Å². The van der Waals surface area contributed by atoms with Crippen molar-refractivity contribution in [3.05, 3.63) is 35.1 Å². The molecule has 0 radical (unpaired) electrons. The van der Waals surface area contributed by atoms with Crippen LogP contribution in [0.4, 0.5) is 13.2 Å². The molecule has 2 fully saturated rings. The number of benzene rings is 1. The van der Waals surface area contributed by atoms with Gasteiger partial charge in [-0.2, -0.15) is 0 Å². The van der Waals surface area contributed by atoms with E-state index >= 15 is 0 Å². The molecule has 8 heteroatoms. The molecular formula is C16H18F3N3O2. The lowest BCUT2D eigenvalue weighted by Gasteiger charge is -2.41. The summed E-state index contributed by atoms with van der Waals surface area (Å²) in [6, 6.07) is 0.832. The normalized spacial score (nSPS) is 22.0. The fourth-order valence-electron chi connectivity index (χ4n) is 3.31. The molecule has 0 bridgehead atoms. The summed E-state index contributed by atoms with van der Waals surface area (Å²) in [6.45, 7) is 2.06. The summed E-state index contributed by atoms with van der Waals surface area (Å²) in [4.78, 5) is 27.5. The molecule has 1 unspecified atom stereocenters. The number of carbonyl (C=O) groups excluding carboxylic acids is 2. The number of hydrogen-bond donors (Lipinski definition) is 1. The average Bonchev–Trinajstić information content (AvgIpc) is 2.54. The first kappa shape index (κ1) is 16.8. The monoisotopic (exact) mass is 341 g/mol. The topological polar surface area (TPSA) is 52.7 Å². The van der Waals surface area contributed by atoms with E-state index in [0.29, 0.717) is 38.2 Å². The van der Waals surface area contributed by atoms with Crippen LogP contribution in [0.1, 0.15) is 23.2 Å². The SMILES string of the molecule is O=C(c1c(F)cc(F)cc1F)N1CCCC(N2CCNCC2=O)C1. The largest absolute Gasteiger partial charge is 0.336 e. The van der Waals surface area contributed by atoms with Crippen molar-refractivity contribution < 1.29 is 22.8 Å². The van der Waals surface area contributed by atoms with Gasteiger partial charge < -0.3 is 15.1 Å². The Morgan fingerprint density at radius 1 is 1.17 bits per heavy atom. The molecule has 0 aromatic heterocycles. The Bertz CT molecular complexity index is 645. The highest BCUT2D eigenvalue weighted by Crippen LogP contribution is 2.22. The summed E-state index contributed by atoms with van der Waals surface area (Å²) < 4.78 is 40.7. The maximum atomic E-state index is 13.8. The van der Waals surface area contributed by atoms with Gasteiger partial charge in [0.2, 0.25) is 5.91 Å². The zero-order valence-electron chi connectivity index (χ0n) is 13.0. The van der Waals surface area contributed by atoms with Gasteiger partial charge in [-0.05, 0) is 12.8 Å². The fourth-order valence-corrected chi connectivity index (χ4v) is 3.31. The lowest BCUT2D eigenvalue weighted by molar-refractivity contribution is -0.135. The molecule has 2 aliphatic rings. The summed E-state index contributed by atoms with van der Waals surface area (Å²) in [7, 11) is 0. The number of hydrogen-bond acceptors (Lipinski definition) is 3. The van der Waals surface area contributed by atoms with Crippen LogP contribution >= 0.6 is 0 Å². The lowest BCUT2D eigenvalue weighted by atomic mass is 10.0. The van der Waals surface area contributed by atoms with Crippen LogP contribution in [0.2, 0.25) is 0 Å². The molecule has 1 aromatic carbocycles. The van der Waals surface area contributed by atoms with Crippen molar-refractivity contribution >= 4 is 11.8 Å². The van der Waals surface area contributed by atoms with E-state index in [0.717, 1.165) is 6.42 Å². The van der Waals surface area contributed by atoms with Gasteiger partial charge in [-0.3, -0.25) is 9.59 Å². The van der Waals surface area contributed by atoms with E-state index in [-0.39, 0.29) is 25.0 Å². The molecular weight excluding hydrogens is 323 g/mol. The highest BCUT2D eigenvalue weighted by Gasteiger charge is 2.33. The first-order valence-corrected chi connectivity index (χ1v) is 7.91. The van der Waals surface area contributed by atoms with Crippen LogP contribution in [0, 0.1) is 17.5 Å². The number of nitrogens with zero attached hydrogens (tertiary/aromatic N) is 2. The highest BCUT2D eigenvalue weighted by molar-refractivity contribution is 5.95. The van der Waals surface area contributed by atoms with Gasteiger partial charge in [0.15, 0.2) is 0 Å². The Hall–Kier alpha value is -2.09. The number of halogens is 3. The molecule has 1 N–H and O–H groups in total. The molecule has 2 saturated heterocycles. The minimum Gasteiger partial charge on any atom is -0.336 e. The predicted octanol–water partition coefficient (Wildman–Crippen LogP) is 1.14. The lowest BCUT2D eigenvalue weighted by Crippen LogP contribution is -2.57. The number of piperidine rings is 1. The van der Waals surface area contributed by atoms with Crippen LogP contribution in [-0.4, -0.2) is 60.4 Å². The number of rotatable bonds is 2. The van der Waals surface area contributed by atoms with Crippen molar-refractivity contribution in [3.8, 4) is 0 Å². The summed E-state index contributed by atoms with van der Waals surface area (Å²) in [5.74, 6) is -4.34. The third-order valence-corrected chi connectivity index (χ3v) is 4.47. The van der Waals surface area contributed by atoms with Crippen molar-refractivity contribution in [2.24, 2.45) is 0 Å². The summed E-state index contributed by atoms with van der Waals surface area (Å²) >= 11 is 0. The molecule has 2 heterocycles. The molecule has 0 saturated carbocycles. The standard InChI is InChI=1S/C16H18F3N3O2/c17-10-6-12(18)15(13(19)7-10)16(24)21-4-1-2-11(9-21)22-5-3-20-8-14(22)23/h6-7,11,20H,1-5,8-9H2. The van der Waals surface area contributed by atoms with Crippen LogP contribution in [0.3, 0.4) is 0 Å². The van der Waals surface area contributed by atoms with E-state index in [9.17, 15) is 22.8 Å². The van der Waals surface area contributed by atoms with E-state index in [1.165, 1.54) is 4.90 Å². The van der Waals surface area contributed by atoms with Gasteiger partial charge in [-0.1, -0.05) is 0 Å². The molecule has 24 heavy (non-hydrogen) atoms. The molecule has 2 amide bonds. The Labute approximate surface area is 137 Å². The van der Waals surface area contributed by atoms with Crippen LogP contribution in [0.15, 0.2) is 12.1 Å². The zero-order valence-corrected chi connectivity index (χ0v) is 13.0. The van der Waals surface area contributed by atoms with Gasteiger partial charge in [0, 0.05) is 44.4 Å². The third kappa shape index (κ3) is 3.24. The smallest absolute Gasteiger partial charge is 0.259 e. The van der Waals surface area contributed by atoms with Gasteiger partial charge in [-0.25, -0.2) is 13.2 Å².